The highest BCUT2D eigenvalue weighted by atomic mass is 28.4. The second-order valence-corrected chi connectivity index (χ2v) is 14.6. The van der Waals surface area contributed by atoms with Crippen molar-refractivity contribution < 1.29 is 4.12 Å². The highest BCUT2D eigenvalue weighted by Crippen LogP contribution is 2.16. The standard InChI is InChI=1S/C14H24OSi2/c1-13-7-9-14(10-8-13)11-12-17(5,6)15-16(2,3)4/h7-12H,1-6H3/b12-11-. The Balaban J connectivity index is 2.73. The summed E-state index contributed by atoms with van der Waals surface area (Å²) in [5.41, 5.74) is 4.85. The molecule has 0 aromatic heterocycles. The van der Waals surface area contributed by atoms with Gasteiger partial charge >= 0.3 is 0 Å². The van der Waals surface area contributed by atoms with Crippen LogP contribution in [0.3, 0.4) is 0 Å². The van der Waals surface area contributed by atoms with E-state index in [4.69, 9.17) is 4.12 Å². The van der Waals surface area contributed by atoms with Crippen LogP contribution in [0.25, 0.3) is 6.08 Å². The van der Waals surface area contributed by atoms with Gasteiger partial charge in [0.25, 0.3) is 0 Å². The van der Waals surface area contributed by atoms with Crippen LogP contribution in [-0.4, -0.2) is 16.6 Å². The zero-order chi connectivity index (χ0) is 13.1. The summed E-state index contributed by atoms with van der Waals surface area (Å²) in [6, 6.07) is 8.61. The van der Waals surface area contributed by atoms with Crippen LogP contribution < -0.4 is 0 Å². The van der Waals surface area contributed by atoms with E-state index in [0.29, 0.717) is 0 Å². The maximum atomic E-state index is 6.26. The molecule has 1 nitrogen and oxygen atoms in total. The van der Waals surface area contributed by atoms with Gasteiger partial charge in [0.05, 0.1) is 0 Å². The number of benzene rings is 1. The van der Waals surface area contributed by atoms with Crippen LogP contribution in [0.2, 0.25) is 32.7 Å². The highest BCUT2D eigenvalue weighted by molar-refractivity contribution is 6.87. The summed E-state index contributed by atoms with van der Waals surface area (Å²) in [4.78, 5) is 0. The third-order valence-corrected chi connectivity index (χ3v) is 7.85. The molecule has 1 aromatic carbocycles. The first-order chi connectivity index (χ1) is 7.68. The van der Waals surface area contributed by atoms with E-state index in [2.05, 4.69) is 75.7 Å². The Morgan fingerprint density at radius 2 is 1.47 bits per heavy atom. The van der Waals surface area contributed by atoms with E-state index in [1.807, 2.05) is 0 Å². The van der Waals surface area contributed by atoms with E-state index in [1.54, 1.807) is 0 Å². The van der Waals surface area contributed by atoms with Crippen LogP contribution in [0.5, 0.6) is 0 Å². The number of hydrogen-bond acceptors (Lipinski definition) is 1. The van der Waals surface area contributed by atoms with Crippen molar-refractivity contribution in [1.29, 1.82) is 0 Å². The van der Waals surface area contributed by atoms with Gasteiger partial charge in [0.1, 0.15) is 0 Å². The fourth-order valence-electron chi connectivity index (χ4n) is 1.80. The molecule has 0 radical (unpaired) electrons. The molecule has 0 saturated carbocycles. The monoisotopic (exact) mass is 264 g/mol. The van der Waals surface area contributed by atoms with Gasteiger partial charge in [-0.1, -0.05) is 41.6 Å². The van der Waals surface area contributed by atoms with Gasteiger partial charge in [-0.15, -0.1) is 0 Å². The normalized spacial score (nSPS) is 13.3. The minimum atomic E-state index is -1.65. The van der Waals surface area contributed by atoms with E-state index in [-0.39, 0.29) is 0 Å². The molecule has 94 valence electrons. The van der Waals surface area contributed by atoms with Crippen molar-refractivity contribution in [3.63, 3.8) is 0 Å². The molecule has 1 aromatic rings. The lowest BCUT2D eigenvalue weighted by Gasteiger charge is -2.28. The summed E-state index contributed by atoms with van der Waals surface area (Å²) in [7, 11) is -3.08. The van der Waals surface area contributed by atoms with Crippen molar-refractivity contribution in [3.8, 4) is 0 Å². The Labute approximate surface area is 108 Å². The number of hydrogen-bond donors (Lipinski definition) is 0. The van der Waals surface area contributed by atoms with E-state index in [9.17, 15) is 0 Å². The van der Waals surface area contributed by atoms with Crippen molar-refractivity contribution >= 4 is 22.7 Å². The van der Waals surface area contributed by atoms with Crippen LogP contribution in [0.15, 0.2) is 30.0 Å². The van der Waals surface area contributed by atoms with Crippen molar-refractivity contribution in [2.75, 3.05) is 0 Å². The zero-order valence-electron chi connectivity index (χ0n) is 11.9. The predicted molar refractivity (Wildman–Crippen MR) is 82.1 cm³/mol. The molecule has 0 heterocycles. The molecule has 0 aliphatic carbocycles. The number of aryl methyl sites for hydroxylation is 1. The van der Waals surface area contributed by atoms with Crippen molar-refractivity contribution in [2.24, 2.45) is 0 Å². The topological polar surface area (TPSA) is 9.23 Å². The van der Waals surface area contributed by atoms with Crippen molar-refractivity contribution in [2.45, 2.75) is 39.7 Å². The molecule has 0 unspecified atom stereocenters. The van der Waals surface area contributed by atoms with Gasteiger partial charge in [-0.05, 0) is 45.2 Å². The van der Waals surface area contributed by atoms with E-state index in [0.717, 1.165) is 0 Å². The fourth-order valence-corrected chi connectivity index (χ4v) is 8.98. The van der Waals surface area contributed by atoms with Gasteiger partial charge in [0.2, 0.25) is 0 Å². The Hall–Kier alpha value is -0.646. The summed E-state index contributed by atoms with van der Waals surface area (Å²) in [6.07, 6.45) is 2.20. The molecule has 17 heavy (non-hydrogen) atoms. The predicted octanol–water partition coefficient (Wildman–Crippen LogP) is 4.60. The molecule has 0 bridgehead atoms. The first kappa shape index (κ1) is 14.4. The SMILES string of the molecule is Cc1ccc(/C=C\[Si](C)(C)O[Si](C)(C)C)cc1. The molecule has 0 spiro atoms. The van der Waals surface area contributed by atoms with Crippen LogP contribution in [0.4, 0.5) is 0 Å². The first-order valence-electron chi connectivity index (χ1n) is 6.14. The molecule has 0 amide bonds. The second kappa shape index (κ2) is 5.33. The minimum Gasteiger partial charge on any atom is -0.453 e. The quantitative estimate of drug-likeness (QED) is 0.722. The maximum absolute atomic E-state index is 6.26. The molecular formula is C14H24OSi2. The third-order valence-electron chi connectivity index (χ3n) is 2.32. The first-order valence-corrected chi connectivity index (χ1v) is 12.5. The summed E-state index contributed by atoms with van der Waals surface area (Å²) in [5.74, 6) is 0. The summed E-state index contributed by atoms with van der Waals surface area (Å²) >= 11 is 0. The van der Waals surface area contributed by atoms with Crippen LogP contribution >= 0.6 is 0 Å². The van der Waals surface area contributed by atoms with Gasteiger partial charge in [-0.3, -0.25) is 0 Å². The molecule has 0 saturated heterocycles. The van der Waals surface area contributed by atoms with Crippen molar-refractivity contribution in [1.82, 2.24) is 0 Å². The van der Waals surface area contributed by atoms with Gasteiger partial charge in [-0.25, -0.2) is 0 Å². The average molecular weight is 265 g/mol. The van der Waals surface area contributed by atoms with Gasteiger partial charge in [-0.2, -0.15) is 0 Å². The molecule has 3 heteroatoms. The van der Waals surface area contributed by atoms with Gasteiger partial charge < -0.3 is 4.12 Å². The third kappa shape index (κ3) is 6.00. The molecule has 0 aliphatic rings. The summed E-state index contributed by atoms with van der Waals surface area (Å²) in [5, 5.41) is 0. The minimum absolute atomic E-state index is 1.26. The highest BCUT2D eigenvalue weighted by Gasteiger charge is 2.26. The second-order valence-electron chi connectivity index (χ2n) is 6.06. The Morgan fingerprint density at radius 3 is 1.94 bits per heavy atom. The molecule has 0 fully saturated rings. The Bertz CT molecular complexity index is 386. The van der Waals surface area contributed by atoms with E-state index >= 15 is 0 Å². The van der Waals surface area contributed by atoms with Crippen LogP contribution in [0, 0.1) is 6.92 Å². The molecule has 0 N–H and O–H groups in total. The Kier molecular flexibility index (Phi) is 4.52. The molecule has 0 aliphatic heterocycles. The van der Waals surface area contributed by atoms with Crippen LogP contribution in [0.1, 0.15) is 11.1 Å². The number of rotatable bonds is 4. The molecule has 0 atom stereocenters. The summed E-state index contributed by atoms with van der Waals surface area (Å²) in [6.45, 7) is 13.4. The maximum Gasteiger partial charge on any atom is 0.198 e. The van der Waals surface area contributed by atoms with Crippen LogP contribution in [-0.2, 0) is 4.12 Å². The summed E-state index contributed by atoms with van der Waals surface area (Å²) < 4.78 is 6.26. The molecule has 1 rings (SSSR count). The fraction of sp³-hybridized carbons (Fsp3) is 0.429. The largest absolute Gasteiger partial charge is 0.453 e. The lowest BCUT2D eigenvalue weighted by Crippen LogP contribution is -2.40. The van der Waals surface area contributed by atoms with E-state index < -0.39 is 16.6 Å². The lowest BCUT2D eigenvalue weighted by atomic mass is 10.2. The lowest BCUT2D eigenvalue weighted by molar-refractivity contribution is 0.565. The van der Waals surface area contributed by atoms with Gasteiger partial charge in [0, 0.05) is 0 Å². The average Bonchev–Trinajstić information content (AvgIpc) is 2.13. The zero-order valence-corrected chi connectivity index (χ0v) is 13.9. The smallest absolute Gasteiger partial charge is 0.198 e. The molecular weight excluding hydrogens is 240 g/mol. The Morgan fingerprint density at radius 1 is 0.941 bits per heavy atom. The van der Waals surface area contributed by atoms with E-state index in [1.165, 1.54) is 11.1 Å². The van der Waals surface area contributed by atoms with Gasteiger partial charge in [0.15, 0.2) is 16.6 Å². The van der Waals surface area contributed by atoms with Crippen molar-refractivity contribution in [3.05, 3.63) is 41.1 Å².